The van der Waals surface area contributed by atoms with Crippen molar-refractivity contribution < 1.29 is 8.78 Å². The molecule has 0 bridgehead atoms. The normalized spacial score (nSPS) is 36.1. The quantitative estimate of drug-likeness (QED) is 0.444. The topological polar surface area (TPSA) is 0 Å². The highest BCUT2D eigenvalue weighted by molar-refractivity contribution is 5.08. The molecular formula is C7H10F2. The second-order valence-electron chi connectivity index (χ2n) is 2.57. The van der Waals surface area contributed by atoms with Gasteiger partial charge in [0.1, 0.15) is 12.3 Å². The van der Waals surface area contributed by atoms with Crippen LogP contribution in [0.1, 0.15) is 19.8 Å². The van der Waals surface area contributed by atoms with Crippen LogP contribution in [-0.2, 0) is 0 Å². The van der Waals surface area contributed by atoms with E-state index < -0.39 is 12.3 Å². The van der Waals surface area contributed by atoms with E-state index >= 15 is 0 Å². The van der Waals surface area contributed by atoms with Crippen LogP contribution in [0.15, 0.2) is 11.6 Å². The van der Waals surface area contributed by atoms with Gasteiger partial charge in [0.15, 0.2) is 0 Å². The van der Waals surface area contributed by atoms with Gasteiger partial charge < -0.3 is 0 Å². The second-order valence-corrected chi connectivity index (χ2v) is 2.57. The van der Waals surface area contributed by atoms with E-state index in [2.05, 4.69) is 0 Å². The van der Waals surface area contributed by atoms with Crippen LogP contribution < -0.4 is 0 Å². The molecule has 0 aliphatic heterocycles. The van der Waals surface area contributed by atoms with E-state index in [1.807, 2.05) is 0 Å². The van der Waals surface area contributed by atoms with Crippen molar-refractivity contribution in [2.45, 2.75) is 32.1 Å². The number of alkyl halides is 2. The van der Waals surface area contributed by atoms with Crippen LogP contribution in [0.2, 0.25) is 0 Å². The Hall–Kier alpha value is -0.400. The Morgan fingerprint density at radius 2 is 2.22 bits per heavy atom. The largest absolute Gasteiger partial charge is 0.247 e. The zero-order valence-corrected chi connectivity index (χ0v) is 5.40. The molecule has 1 aliphatic rings. The molecule has 0 aromatic heterocycles. The summed E-state index contributed by atoms with van der Waals surface area (Å²) in [6.07, 6.45) is -0.0350. The maximum absolute atomic E-state index is 12.4. The van der Waals surface area contributed by atoms with Crippen molar-refractivity contribution in [2.75, 3.05) is 0 Å². The second kappa shape index (κ2) is 2.46. The fourth-order valence-electron chi connectivity index (χ4n) is 1.12. The number of hydrogen-bond acceptors (Lipinski definition) is 0. The number of halogens is 2. The fourth-order valence-corrected chi connectivity index (χ4v) is 1.12. The molecule has 2 heteroatoms. The third-order valence-electron chi connectivity index (χ3n) is 1.49. The van der Waals surface area contributed by atoms with Crippen molar-refractivity contribution >= 4 is 0 Å². The monoisotopic (exact) mass is 132 g/mol. The molecule has 0 saturated carbocycles. The molecule has 0 nitrogen and oxygen atoms in total. The molecule has 0 N–H and O–H groups in total. The van der Waals surface area contributed by atoms with Crippen LogP contribution in [0, 0.1) is 0 Å². The molecule has 0 aromatic carbocycles. The van der Waals surface area contributed by atoms with Crippen molar-refractivity contribution in [1.29, 1.82) is 0 Å². The molecular weight excluding hydrogens is 122 g/mol. The van der Waals surface area contributed by atoms with E-state index in [0.29, 0.717) is 6.42 Å². The molecule has 0 heterocycles. The first-order chi connectivity index (χ1) is 4.18. The van der Waals surface area contributed by atoms with Gasteiger partial charge >= 0.3 is 0 Å². The average Bonchev–Trinajstić information content (AvgIpc) is 1.59. The van der Waals surface area contributed by atoms with Gasteiger partial charge in [-0.3, -0.25) is 0 Å². The fraction of sp³-hybridized carbons (Fsp3) is 0.714. The van der Waals surface area contributed by atoms with Gasteiger partial charge in [-0.15, -0.1) is 0 Å². The molecule has 0 radical (unpaired) electrons. The summed E-state index contributed by atoms with van der Waals surface area (Å²) in [7, 11) is 0. The van der Waals surface area contributed by atoms with Gasteiger partial charge in [-0.25, -0.2) is 8.78 Å². The lowest BCUT2D eigenvalue weighted by Crippen LogP contribution is -2.14. The smallest absolute Gasteiger partial charge is 0.121 e. The Bertz CT molecular complexity index is 129. The highest BCUT2D eigenvalue weighted by Crippen LogP contribution is 2.22. The molecule has 0 fully saturated rings. The summed E-state index contributed by atoms with van der Waals surface area (Å²) in [5.74, 6) is 0. The van der Waals surface area contributed by atoms with Crippen LogP contribution in [-0.4, -0.2) is 12.3 Å². The molecule has 1 aliphatic carbocycles. The first-order valence-electron chi connectivity index (χ1n) is 3.14. The number of allylic oxidation sites excluding steroid dienone is 2. The summed E-state index contributed by atoms with van der Waals surface area (Å²) in [4.78, 5) is 0. The molecule has 9 heavy (non-hydrogen) atoms. The number of hydrogen-bond donors (Lipinski definition) is 0. The molecule has 52 valence electrons. The third-order valence-corrected chi connectivity index (χ3v) is 1.49. The summed E-state index contributed by atoms with van der Waals surface area (Å²) in [6.45, 7) is 1.76. The maximum atomic E-state index is 12.4. The van der Waals surface area contributed by atoms with Gasteiger partial charge in [-0.1, -0.05) is 11.6 Å². The number of rotatable bonds is 0. The summed E-state index contributed by atoms with van der Waals surface area (Å²) < 4.78 is 24.8. The Morgan fingerprint density at radius 3 is 2.67 bits per heavy atom. The first kappa shape index (κ1) is 6.72. The lowest BCUT2D eigenvalue weighted by atomic mass is 9.98. The van der Waals surface area contributed by atoms with E-state index in [4.69, 9.17) is 0 Å². The lowest BCUT2D eigenvalue weighted by Gasteiger charge is -2.15. The van der Waals surface area contributed by atoms with Crippen molar-refractivity contribution in [3.63, 3.8) is 0 Å². The SMILES string of the molecule is CC1=CC(F)CC(F)C1. The minimum Gasteiger partial charge on any atom is -0.247 e. The van der Waals surface area contributed by atoms with Gasteiger partial charge in [0.2, 0.25) is 0 Å². The molecule has 2 atom stereocenters. The van der Waals surface area contributed by atoms with Crippen LogP contribution in [0.25, 0.3) is 0 Å². The van der Waals surface area contributed by atoms with Crippen molar-refractivity contribution in [2.24, 2.45) is 0 Å². The van der Waals surface area contributed by atoms with Gasteiger partial charge in [-0.05, 0) is 13.3 Å². The predicted octanol–water partition coefficient (Wildman–Crippen LogP) is 2.40. The van der Waals surface area contributed by atoms with E-state index in [-0.39, 0.29) is 6.42 Å². The molecule has 1 rings (SSSR count). The highest BCUT2D eigenvalue weighted by Gasteiger charge is 2.18. The average molecular weight is 132 g/mol. The van der Waals surface area contributed by atoms with Crippen molar-refractivity contribution in [3.8, 4) is 0 Å². The molecule has 0 saturated heterocycles. The van der Waals surface area contributed by atoms with Crippen LogP contribution in [0.4, 0.5) is 8.78 Å². The van der Waals surface area contributed by atoms with Crippen LogP contribution in [0.3, 0.4) is 0 Å². The summed E-state index contributed by atoms with van der Waals surface area (Å²) >= 11 is 0. The van der Waals surface area contributed by atoms with Gasteiger partial charge in [0, 0.05) is 6.42 Å². The van der Waals surface area contributed by atoms with E-state index in [1.165, 1.54) is 6.08 Å². The highest BCUT2D eigenvalue weighted by atomic mass is 19.1. The first-order valence-corrected chi connectivity index (χ1v) is 3.14. The van der Waals surface area contributed by atoms with Gasteiger partial charge in [0.05, 0.1) is 0 Å². The van der Waals surface area contributed by atoms with Gasteiger partial charge in [0.25, 0.3) is 0 Å². The molecule has 2 unspecified atom stereocenters. The van der Waals surface area contributed by atoms with Crippen molar-refractivity contribution in [3.05, 3.63) is 11.6 Å². The molecule has 0 spiro atoms. The Labute approximate surface area is 53.6 Å². The Kier molecular flexibility index (Phi) is 1.84. The van der Waals surface area contributed by atoms with E-state index in [1.54, 1.807) is 6.92 Å². The standard InChI is InChI=1S/C7H10F2/c1-5-2-6(8)4-7(9)3-5/h2,6-7H,3-4H2,1H3. The summed E-state index contributed by atoms with van der Waals surface area (Å²) in [6, 6.07) is 0. The maximum Gasteiger partial charge on any atom is 0.121 e. The Balaban J connectivity index is 2.56. The van der Waals surface area contributed by atoms with Crippen LogP contribution in [0.5, 0.6) is 0 Å². The van der Waals surface area contributed by atoms with Gasteiger partial charge in [-0.2, -0.15) is 0 Å². The third kappa shape index (κ3) is 1.77. The zero-order valence-electron chi connectivity index (χ0n) is 5.40. The van der Waals surface area contributed by atoms with E-state index in [9.17, 15) is 8.78 Å². The van der Waals surface area contributed by atoms with Crippen molar-refractivity contribution in [1.82, 2.24) is 0 Å². The minimum absolute atomic E-state index is 0.0529. The Morgan fingerprint density at radius 1 is 1.56 bits per heavy atom. The summed E-state index contributed by atoms with van der Waals surface area (Å²) in [5, 5.41) is 0. The minimum atomic E-state index is -1.05. The van der Waals surface area contributed by atoms with Crippen LogP contribution >= 0.6 is 0 Å². The molecule has 0 amide bonds. The molecule has 0 aromatic rings. The van der Waals surface area contributed by atoms with E-state index in [0.717, 1.165) is 5.57 Å². The summed E-state index contributed by atoms with van der Waals surface area (Å²) in [5.41, 5.74) is 0.834. The zero-order chi connectivity index (χ0) is 6.85. The lowest BCUT2D eigenvalue weighted by molar-refractivity contribution is 0.233. The predicted molar refractivity (Wildman–Crippen MR) is 32.8 cm³/mol.